The van der Waals surface area contributed by atoms with E-state index in [-0.39, 0.29) is 6.10 Å². The van der Waals surface area contributed by atoms with Crippen LogP contribution in [0.15, 0.2) is 35.5 Å². The first kappa shape index (κ1) is 21.9. The SMILES string of the molecule is CC(C)[C@@H](C)/C=C/[C@@H](C)[C@H]1CC[C@H]2/C(=C/C=C3\C[C@@H](O)CC[C@@H]3C)CCC[C@H]12. The highest BCUT2D eigenvalue weighted by Crippen LogP contribution is 2.51. The van der Waals surface area contributed by atoms with E-state index in [0.717, 1.165) is 42.9 Å². The monoisotopic (exact) mass is 384 g/mol. The van der Waals surface area contributed by atoms with Gasteiger partial charge in [0.1, 0.15) is 0 Å². The molecule has 3 fully saturated rings. The van der Waals surface area contributed by atoms with Crippen LogP contribution in [0.3, 0.4) is 0 Å². The first-order chi connectivity index (χ1) is 13.4. The Morgan fingerprint density at radius 1 is 0.893 bits per heavy atom. The summed E-state index contributed by atoms with van der Waals surface area (Å²) >= 11 is 0. The lowest BCUT2D eigenvalue weighted by atomic mass is 9.71. The van der Waals surface area contributed by atoms with E-state index < -0.39 is 0 Å². The quantitative estimate of drug-likeness (QED) is 0.492. The van der Waals surface area contributed by atoms with Gasteiger partial charge in [0, 0.05) is 0 Å². The molecule has 0 aromatic rings. The fourth-order valence-electron chi connectivity index (χ4n) is 5.93. The van der Waals surface area contributed by atoms with Crippen LogP contribution in [0.5, 0.6) is 0 Å². The lowest BCUT2D eigenvalue weighted by Gasteiger charge is -2.34. The third-order valence-corrected chi connectivity index (χ3v) is 8.35. The fraction of sp³-hybridized carbons (Fsp3) is 0.778. The van der Waals surface area contributed by atoms with Crippen molar-refractivity contribution in [2.24, 2.45) is 41.4 Å². The molecule has 0 radical (unpaired) electrons. The van der Waals surface area contributed by atoms with E-state index in [1.165, 1.54) is 37.7 Å². The summed E-state index contributed by atoms with van der Waals surface area (Å²) in [6, 6.07) is 0. The Labute approximate surface area is 174 Å². The highest BCUT2D eigenvalue weighted by Gasteiger charge is 2.41. The van der Waals surface area contributed by atoms with Crippen LogP contribution in [-0.2, 0) is 0 Å². The zero-order valence-electron chi connectivity index (χ0n) is 19.0. The van der Waals surface area contributed by atoms with Crippen molar-refractivity contribution in [1.82, 2.24) is 0 Å². The van der Waals surface area contributed by atoms with Crippen LogP contribution in [0.25, 0.3) is 0 Å². The molecule has 0 bridgehead atoms. The molecule has 3 aliphatic carbocycles. The average molecular weight is 385 g/mol. The molecule has 0 aromatic carbocycles. The number of allylic oxidation sites excluding steroid dienone is 5. The van der Waals surface area contributed by atoms with Crippen LogP contribution in [0.2, 0.25) is 0 Å². The molecule has 158 valence electrons. The molecule has 1 nitrogen and oxygen atoms in total. The first-order valence-corrected chi connectivity index (χ1v) is 12.1. The van der Waals surface area contributed by atoms with Gasteiger partial charge >= 0.3 is 0 Å². The molecule has 1 N–H and O–H groups in total. The molecule has 7 atom stereocenters. The van der Waals surface area contributed by atoms with Crippen LogP contribution in [0, 0.1) is 41.4 Å². The Morgan fingerprint density at radius 3 is 2.39 bits per heavy atom. The van der Waals surface area contributed by atoms with Gasteiger partial charge in [-0.3, -0.25) is 0 Å². The van der Waals surface area contributed by atoms with Crippen LogP contribution in [-0.4, -0.2) is 11.2 Å². The second kappa shape index (κ2) is 9.79. The van der Waals surface area contributed by atoms with Crippen molar-refractivity contribution >= 4 is 0 Å². The van der Waals surface area contributed by atoms with Crippen molar-refractivity contribution in [2.75, 3.05) is 0 Å². The molecule has 0 heterocycles. The third kappa shape index (κ3) is 5.21. The number of fused-ring (bicyclic) bond motifs is 1. The maximum absolute atomic E-state index is 10.0. The summed E-state index contributed by atoms with van der Waals surface area (Å²) in [4.78, 5) is 0. The van der Waals surface area contributed by atoms with Gasteiger partial charge in [0.05, 0.1) is 6.10 Å². The molecule has 3 rings (SSSR count). The van der Waals surface area contributed by atoms with Gasteiger partial charge in [0.15, 0.2) is 0 Å². The molecule has 28 heavy (non-hydrogen) atoms. The lowest BCUT2D eigenvalue weighted by molar-refractivity contribution is 0.138. The van der Waals surface area contributed by atoms with Gasteiger partial charge in [-0.05, 0) is 92.8 Å². The molecule has 0 amide bonds. The van der Waals surface area contributed by atoms with Crippen molar-refractivity contribution in [3.63, 3.8) is 0 Å². The maximum atomic E-state index is 10.0. The summed E-state index contributed by atoms with van der Waals surface area (Å²) in [5.41, 5.74) is 3.19. The van der Waals surface area contributed by atoms with Gasteiger partial charge in [-0.25, -0.2) is 0 Å². The van der Waals surface area contributed by atoms with Gasteiger partial charge in [0.2, 0.25) is 0 Å². The second-order valence-electron chi connectivity index (χ2n) is 10.6. The van der Waals surface area contributed by atoms with E-state index in [9.17, 15) is 5.11 Å². The van der Waals surface area contributed by atoms with Gasteiger partial charge in [-0.2, -0.15) is 0 Å². The first-order valence-electron chi connectivity index (χ1n) is 12.1. The van der Waals surface area contributed by atoms with Gasteiger partial charge in [-0.1, -0.05) is 70.1 Å². The predicted molar refractivity (Wildman–Crippen MR) is 121 cm³/mol. The van der Waals surface area contributed by atoms with Crippen LogP contribution >= 0.6 is 0 Å². The molecule has 0 saturated heterocycles. The summed E-state index contributed by atoms with van der Waals surface area (Å²) in [5, 5.41) is 10.0. The zero-order valence-corrected chi connectivity index (χ0v) is 19.0. The topological polar surface area (TPSA) is 20.2 Å². The average Bonchev–Trinajstić information content (AvgIpc) is 3.11. The van der Waals surface area contributed by atoms with Crippen molar-refractivity contribution in [2.45, 2.75) is 92.1 Å². The fourth-order valence-corrected chi connectivity index (χ4v) is 5.93. The van der Waals surface area contributed by atoms with Crippen molar-refractivity contribution in [3.8, 4) is 0 Å². The van der Waals surface area contributed by atoms with Gasteiger partial charge < -0.3 is 5.11 Å². The predicted octanol–water partition coefficient (Wildman–Crippen LogP) is 7.33. The molecule has 1 heteroatoms. The van der Waals surface area contributed by atoms with Crippen molar-refractivity contribution < 1.29 is 5.11 Å². The Hall–Kier alpha value is -0.820. The smallest absolute Gasteiger partial charge is 0.0577 e. The summed E-state index contributed by atoms with van der Waals surface area (Å²) in [6.07, 6.45) is 19.6. The third-order valence-electron chi connectivity index (χ3n) is 8.35. The molecular formula is C27H44O. The van der Waals surface area contributed by atoms with Crippen LogP contribution in [0.1, 0.15) is 86.0 Å². The maximum Gasteiger partial charge on any atom is 0.0577 e. The Bertz CT molecular complexity index is 595. The Morgan fingerprint density at radius 2 is 1.64 bits per heavy atom. The summed E-state index contributed by atoms with van der Waals surface area (Å²) in [5.74, 6) is 5.34. The van der Waals surface area contributed by atoms with Crippen molar-refractivity contribution in [1.29, 1.82) is 0 Å². The molecular weight excluding hydrogens is 340 g/mol. The summed E-state index contributed by atoms with van der Waals surface area (Å²) in [7, 11) is 0. The summed E-state index contributed by atoms with van der Waals surface area (Å²) in [6.45, 7) is 11.8. The standard InChI is InChI=1S/C27H44O/c1-18(2)19(3)9-10-21(5)25-15-16-26-22(7-6-8-27(25)26)12-13-23-17-24(28)14-11-20(23)4/h9-10,12-13,18-21,24-28H,6-8,11,14-17H2,1-5H3/b10-9+,22-12+,23-13+/t19-,20-,21+,24-,25+,26-,27+/m0/s1. The summed E-state index contributed by atoms with van der Waals surface area (Å²) < 4.78 is 0. The molecule has 0 unspecified atom stereocenters. The number of aliphatic hydroxyl groups excluding tert-OH is 1. The minimum atomic E-state index is -0.114. The largest absolute Gasteiger partial charge is 0.393 e. The van der Waals surface area contributed by atoms with E-state index in [4.69, 9.17) is 0 Å². The number of rotatable bonds is 5. The molecule has 0 aliphatic heterocycles. The molecule has 0 aromatic heterocycles. The van der Waals surface area contributed by atoms with Crippen LogP contribution < -0.4 is 0 Å². The molecule has 3 saturated carbocycles. The normalized spacial score (nSPS) is 39.0. The number of aliphatic hydroxyl groups is 1. The van der Waals surface area contributed by atoms with E-state index in [0.29, 0.717) is 17.8 Å². The minimum absolute atomic E-state index is 0.114. The van der Waals surface area contributed by atoms with E-state index in [2.05, 4.69) is 58.9 Å². The molecule has 3 aliphatic rings. The highest BCUT2D eigenvalue weighted by atomic mass is 16.3. The lowest BCUT2D eigenvalue weighted by Crippen LogP contribution is -2.24. The second-order valence-corrected chi connectivity index (χ2v) is 10.6. The van der Waals surface area contributed by atoms with E-state index >= 15 is 0 Å². The van der Waals surface area contributed by atoms with E-state index in [1.807, 2.05) is 0 Å². The Balaban J connectivity index is 1.67. The number of hydrogen-bond acceptors (Lipinski definition) is 1. The highest BCUT2D eigenvalue weighted by molar-refractivity contribution is 5.25. The Kier molecular flexibility index (Phi) is 7.65. The minimum Gasteiger partial charge on any atom is -0.393 e. The molecule has 0 spiro atoms. The number of hydrogen-bond donors (Lipinski definition) is 1. The zero-order chi connectivity index (χ0) is 20.3. The van der Waals surface area contributed by atoms with Gasteiger partial charge in [-0.15, -0.1) is 0 Å². The van der Waals surface area contributed by atoms with Crippen LogP contribution in [0.4, 0.5) is 0 Å². The van der Waals surface area contributed by atoms with Gasteiger partial charge in [0.25, 0.3) is 0 Å². The van der Waals surface area contributed by atoms with E-state index in [1.54, 1.807) is 5.57 Å². The van der Waals surface area contributed by atoms with Crippen molar-refractivity contribution in [3.05, 3.63) is 35.5 Å².